The second-order valence-electron chi connectivity index (χ2n) is 5.81. The van der Waals surface area contributed by atoms with Crippen LogP contribution in [-0.4, -0.2) is 17.6 Å². The second kappa shape index (κ2) is 5.63. The summed E-state index contributed by atoms with van der Waals surface area (Å²) in [6, 6.07) is 6.82. The van der Waals surface area contributed by atoms with Gasteiger partial charge in [-0.05, 0) is 30.4 Å². The van der Waals surface area contributed by atoms with Crippen LogP contribution in [0.5, 0.6) is 0 Å². The lowest BCUT2D eigenvalue weighted by molar-refractivity contribution is 0.169. The fraction of sp³-hybridized carbons (Fsp3) is 0.667. The summed E-state index contributed by atoms with van der Waals surface area (Å²) < 4.78 is 0. The first kappa shape index (κ1) is 12.6. The molecule has 1 fully saturated rings. The lowest BCUT2D eigenvalue weighted by Gasteiger charge is -2.39. The highest BCUT2D eigenvalue weighted by molar-refractivity contribution is 5.04. The molecule has 1 aromatic heterocycles. The number of aromatic nitrogens is 1. The zero-order valence-corrected chi connectivity index (χ0v) is 11.1. The summed E-state index contributed by atoms with van der Waals surface area (Å²) in [6.45, 7) is 5.83. The molecule has 94 valence electrons. The minimum absolute atomic E-state index is 0.461. The van der Waals surface area contributed by atoms with E-state index in [1.807, 2.05) is 12.3 Å². The van der Waals surface area contributed by atoms with Crippen LogP contribution < -0.4 is 5.32 Å². The van der Waals surface area contributed by atoms with Crippen LogP contribution in [-0.2, 0) is 6.42 Å². The van der Waals surface area contributed by atoms with E-state index >= 15 is 0 Å². The highest BCUT2D eigenvalue weighted by Crippen LogP contribution is 2.35. The first-order valence-corrected chi connectivity index (χ1v) is 6.82. The maximum Gasteiger partial charge on any atom is 0.0416 e. The van der Waals surface area contributed by atoms with Crippen LogP contribution in [0.15, 0.2) is 24.4 Å². The van der Waals surface area contributed by atoms with E-state index in [2.05, 4.69) is 36.3 Å². The van der Waals surface area contributed by atoms with E-state index in [4.69, 9.17) is 0 Å². The molecule has 1 N–H and O–H groups in total. The molecule has 2 heteroatoms. The second-order valence-corrected chi connectivity index (χ2v) is 5.81. The van der Waals surface area contributed by atoms with Crippen molar-refractivity contribution in [2.75, 3.05) is 6.54 Å². The number of pyridine rings is 1. The number of rotatable bonds is 4. The summed E-state index contributed by atoms with van der Waals surface area (Å²) in [5.41, 5.74) is 1.65. The van der Waals surface area contributed by atoms with Gasteiger partial charge >= 0.3 is 0 Å². The van der Waals surface area contributed by atoms with Crippen LogP contribution in [0.3, 0.4) is 0 Å². The van der Waals surface area contributed by atoms with Gasteiger partial charge in [-0.1, -0.05) is 32.8 Å². The highest BCUT2D eigenvalue weighted by atomic mass is 14.9. The molecule has 2 rings (SSSR count). The molecule has 1 heterocycles. The molecule has 0 saturated heterocycles. The van der Waals surface area contributed by atoms with Crippen molar-refractivity contribution in [1.29, 1.82) is 0 Å². The van der Waals surface area contributed by atoms with Crippen LogP contribution >= 0.6 is 0 Å². The average molecular weight is 232 g/mol. The molecule has 0 bridgehead atoms. The Morgan fingerprint density at radius 1 is 1.35 bits per heavy atom. The smallest absolute Gasteiger partial charge is 0.0416 e. The van der Waals surface area contributed by atoms with Gasteiger partial charge in [-0.3, -0.25) is 4.98 Å². The zero-order chi connectivity index (χ0) is 12.1. The molecule has 1 saturated carbocycles. The maximum atomic E-state index is 4.36. The molecule has 1 unspecified atom stereocenters. The molecule has 0 aromatic carbocycles. The Bertz CT molecular complexity index is 332. The minimum Gasteiger partial charge on any atom is -0.313 e. The quantitative estimate of drug-likeness (QED) is 0.862. The largest absolute Gasteiger partial charge is 0.313 e. The predicted octanol–water partition coefficient (Wildman–Crippen LogP) is 3.18. The molecule has 1 aliphatic rings. The molecule has 0 amide bonds. The first-order chi connectivity index (χ1) is 8.18. The van der Waals surface area contributed by atoms with Crippen molar-refractivity contribution in [2.45, 2.75) is 52.0 Å². The van der Waals surface area contributed by atoms with Crippen molar-refractivity contribution in [3.8, 4) is 0 Å². The number of hydrogen-bond donors (Lipinski definition) is 1. The Morgan fingerprint density at radius 3 is 2.94 bits per heavy atom. The highest BCUT2D eigenvalue weighted by Gasteiger charge is 2.31. The third kappa shape index (κ3) is 3.53. The number of hydrogen-bond acceptors (Lipinski definition) is 2. The Hall–Kier alpha value is -0.890. The topological polar surface area (TPSA) is 24.9 Å². The average Bonchev–Trinajstić information content (AvgIpc) is 2.32. The predicted molar refractivity (Wildman–Crippen MR) is 72.0 cm³/mol. The van der Waals surface area contributed by atoms with Gasteiger partial charge < -0.3 is 5.32 Å². The van der Waals surface area contributed by atoms with E-state index < -0.39 is 0 Å². The molecule has 1 aromatic rings. The third-order valence-corrected chi connectivity index (χ3v) is 4.01. The lowest BCUT2D eigenvalue weighted by Crippen LogP contribution is -2.44. The molecule has 1 aliphatic carbocycles. The van der Waals surface area contributed by atoms with Crippen LogP contribution in [0.2, 0.25) is 0 Å². The maximum absolute atomic E-state index is 4.36. The standard InChI is InChI=1S/C15H24N2/c1-15(2)10-5-3-8-14(15)17-12-9-13-7-4-6-11-16-13/h4,6-7,11,14,17H,3,5,8-10,12H2,1-2H3. The van der Waals surface area contributed by atoms with Crippen LogP contribution in [0.4, 0.5) is 0 Å². The Kier molecular flexibility index (Phi) is 4.16. The molecule has 0 spiro atoms. The lowest BCUT2D eigenvalue weighted by atomic mass is 9.73. The molecule has 2 nitrogen and oxygen atoms in total. The Morgan fingerprint density at radius 2 is 2.24 bits per heavy atom. The fourth-order valence-electron chi connectivity index (χ4n) is 2.79. The summed E-state index contributed by atoms with van der Waals surface area (Å²) in [7, 11) is 0. The monoisotopic (exact) mass is 232 g/mol. The molecule has 17 heavy (non-hydrogen) atoms. The van der Waals surface area contributed by atoms with E-state index in [0.29, 0.717) is 11.5 Å². The van der Waals surface area contributed by atoms with E-state index in [1.165, 1.54) is 31.4 Å². The summed E-state index contributed by atoms with van der Waals surface area (Å²) in [5.74, 6) is 0. The van der Waals surface area contributed by atoms with Crippen molar-refractivity contribution in [3.05, 3.63) is 30.1 Å². The zero-order valence-electron chi connectivity index (χ0n) is 11.1. The Balaban J connectivity index is 1.78. The van der Waals surface area contributed by atoms with Gasteiger partial charge in [0.15, 0.2) is 0 Å². The molecule has 1 atom stereocenters. The number of nitrogens with one attached hydrogen (secondary N) is 1. The van der Waals surface area contributed by atoms with Gasteiger partial charge in [0.05, 0.1) is 0 Å². The molecular formula is C15H24N2. The third-order valence-electron chi connectivity index (χ3n) is 4.01. The molecule has 0 aliphatic heterocycles. The van der Waals surface area contributed by atoms with E-state index in [-0.39, 0.29) is 0 Å². The fourth-order valence-corrected chi connectivity index (χ4v) is 2.79. The van der Waals surface area contributed by atoms with Gasteiger partial charge in [-0.2, -0.15) is 0 Å². The minimum atomic E-state index is 0.461. The van der Waals surface area contributed by atoms with Crippen molar-refractivity contribution < 1.29 is 0 Å². The summed E-state index contributed by atoms with van der Waals surface area (Å²) in [6.07, 6.45) is 8.37. The van der Waals surface area contributed by atoms with E-state index in [1.54, 1.807) is 0 Å². The van der Waals surface area contributed by atoms with Crippen molar-refractivity contribution in [3.63, 3.8) is 0 Å². The SMILES string of the molecule is CC1(C)CCCCC1NCCc1ccccn1. The Labute approximate surface area is 105 Å². The van der Waals surface area contributed by atoms with Gasteiger partial charge in [0.1, 0.15) is 0 Å². The first-order valence-electron chi connectivity index (χ1n) is 6.82. The van der Waals surface area contributed by atoms with Crippen LogP contribution in [0.25, 0.3) is 0 Å². The number of nitrogens with zero attached hydrogens (tertiary/aromatic N) is 1. The normalized spacial score (nSPS) is 23.5. The molecule has 0 radical (unpaired) electrons. The van der Waals surface area contributed by atoms with Gasteiger partial charge in [0.25, 0.3) is 0 Å². The van der Waals surface area contributed by atoms with Gasteiger partial charge in [-0.15, -0.1) is 0 Å². The van der Waals surface area contributed by atoms with E-state index in [0.717, 1.165) is 13.0 Å². The van der Waals surface area contributed by atoms with Crippen molar-refractivity contribution in [2.24, 2.45) is 5.41 Å². The van der Waals surface area contributed by atoms with Crippen LogP contribution in [0.1, 0.15) is 45.2 Å². The summed E-state index contributed by atoms with van der Waals surface area (Å²) in [4.78, 5) is 4.36. The van der Waals surface area contributed by atoms with Crippen LogP contribution in [0, 0.1) is 5.41 Å². The summed E-state index contributed by atoms with van der Waals surface area (Å²) >= 11 is 0. The molecular weight excluding hydrogens is 208 g/mol. The summed E-state index contributed by atoms with van der Waals surface area (Å²) in [5, 5.41) is 3.72. The van der Waals surface area contributed by atoms with E-state index in [9.17, 15) is 0 Å². The van der Waals surface area contributed by atoms with Gasteiger partial charge in [0, 0.05) is 30.9 Å². The van der Waals surface area contributed by atoms with Gasteiger partial charge in [0.2, 0.25) is 0 Å². The van der Waals surface area contributed by atoms with Crippen molar-refractivity contribution >= 4 is 0 Å². The van der Waals surface area contributed by atoms with Gasteiger partial charge in [-0.25, -0.2) is 0 Å². The van der Waals surface area contributed by atoms with Crippen molar-refractivity contribution in [1.82, 2.24) is 10.3 Å².